The topological polar surface area (TPSA) is 84.4 Å². The van der Waals surface area contributed by atoms with Crippen LogP contribution in [0.3, 0.4) is 0 Å². The molecule has 7 heteroatoms. The first-order valence-corrected chi connectivity index (χ1v) is 8.24. The molecule has 0 spiro atoms. The van der Waals surface area contributed by atoms with Crippen LogP contribution in [0.4, 0.5) is 15.0 Å². The van der Waals surface area contributed by atoms with Gasteiger partial charge in [0.2, 0.25) is 0 Å². The predicted octanol–water partition coefficient (Wildman–Crippen LogP) is 3.28. The number of fused-ring (bicyclic) bond motifs is 1. The molecule has 0 saturated heterocycles. The number of nitrogens with two attached hydrogens (primary N) is 1. The first-order valence-electron chi connectivity index (χ1n) is 8.24. The van der Waals surface area contributed by atoms with Crippen LogP contribution in [0.2, 0.25) is 0 Å². The van der Waals surface area contributed by atoms with Crippen LogP contribution < -0.4 is 5.73 Å². The van der Waals surface area contributed by atoms with Gasteiger partial charge in [0.05, 0.1) is 18.8 Å². The number of nitrogens with zero attached hydrogens (tertiary/aromatic N) is 3. The van der Waals surface area contributed by atoms with Crippen molar-refractivity contribution in [1.29, 1.82) is 0 Å². The quantitative estimate of drug-likeness (QED) is 0.874. The number of hydrogen-bond acceptors (Lipinski definition) is 3. The summed E-state index contributed by atoms with van der Waals surface area (Å²) in [4.78, 5) is 13.0. The smallest absolute Gasteiger partial charge is 0.407 e. The molecule has 1 aliphatic heterocycles. The third-order valence-corrected chi connectivity index (χ3v) is 4.78. The monoisotopic (exact) mass is 346 g/mol. The van der Waals surface area contributed by atoms with Crippen molar-refractivity contribution in [3.8, 4) is 0 Å². The van der Waals surface area contributed by atoms with Crippen LogP contribution in [0, 0.1) is 11.2 Å². The van der Waals surface area contributed by atoms with Gasteiger partial charge < -0.3 is 15.7 Å². The molecule has 1 atom stereocenters. The molecule has 0 saturated carbocycles. The van der Waals surface area contributed by atoms with E-state index in [9.17, 15) is 14.3 Å². The number of carbonyl (C=O) groups is 1. The predicted molar refractivity (Wildman–Crippen MR) is 92.8 cm³/mol. The van der Waals surface area contributed by atoms with Gasteiger partial charge in [-0.3, -0.25) is 4.68 Å². The Morgan fingerprint density at radius 2 is 2.00 bits per heavy atom. The first-order chi connectivity index (χ1) is 11.7. The number of rotatable bonds is 2. The third-order valence-electron chi connectivity index (χ3n) is 4.78. The third kappa shape index (κ3) is 3.31. The Balaban J connectivity index is 2.03. The molecule has 1 amide bonds. The van der Waals surface area contributed by atoms with Crippen molar-refractivity contribution in [2.45, 2.75) is 39.8 Å². The van der Waals surface area contributed by atoms with Crippen LogP contribution >= 0.6 is 0 Å². The highest BCUT2D eigenvalue weighted by atomic mass is 19.1. The number of amides is 1. The van der Waals surface area contributed by atoms with Crippen molar-refractivity contribution in [3.05, 3.63) is 46.9 Å². The average molecular weight is 346 g/mol. The molecular weight excluding hydrogens is 323 g/mol. The van der Waals surface area contributed by atoms with Gasteiger partial charge in [0.25, 0.3) is 0 Å². The van der Waals surface area contributed by atoms with Gasteiger partial charge in [-0.1, -0.05) is 32.9 Å². The lowest BCUT2D eigenvalue weighted by Gasteiger charge is -2.38. The molecule has 134 valence electrons. The summed E-state index contributed by atoms with van der Waals surface area (Å²) in [5.41, 5.74) is 8.67. The molecule has 2 aromatic rings. The highest BCUT2D eigenvalue weighted by Gasteiger charge is 2.39. The first kappa shape index (κ1) is 17.3. The number of hydrogen-bond donors (Lipinski definition) is 2. The molecule has 1 aromatic carbocycles. The van der Waals surface area contributed by atoms with Crippen LogP contribution in [0.5, 0.6) is 0 Å². The number of halogens is 1. The van der Waals surface area contributed by atoms with Crippen molar-refractivity contribution in [2.24, 2.45) is 5.41 Å². The van der Waals surface area contributed by atoms with E-state index in [-0.39, 0.29) is 23.7 Å². The van der Waals surface area contributed by atoms with Crippen LogP contribution in [-0.4, -0.2) is 32.4 Å². The summed E-state index contributed by atoms with van der Waals surface area (Å²) in [5.74, 6) is 0.118. The molecule has 0 aliphatic carbocycles. The zero-order valence-corrected chi connectivity index (χ0v) is 14.7. The van der Waals surface area contributed by atoms with Gasteiger partial charge in [0.15, 0.2) is 0 Å². The van der Waals surface area contributed by atoms with Crippen LogP contribution in [0.15, 0.2) is 24.3 Å². The van der Waals surface area contributed by atoms with Crippen molar-refractivity contribution in [1.82, 2.24) is 14.7 Å². The second kappa shape index (κ2) is 6.06. The van der Waals surface area contributed by atoms with Gasteiger partial charge in [-0.15, -0.1) is 0 Å². The lowest BCUT2D eigenvalue weighted by atomic mass is 9.74. The summed E-state index contributed by atoms with van der Waals surface area (Å²) in [6.07, 6.45) is -0.951. The standard InChI is InChI=1S/C18H23FN4O2/c1-18(2,3)13-9-22(17(24)25)10-14-15(13)16(20)21-23(14)8-11-4-6-12(19)7-5-11/h4-7,13H,8-10H2,1-3H3,(H2,20,21)(H,24,25). The molecular formula is C18H23FN4O2. The molecule has 1 aromatic heterocycles. The summed E-state index contributed by atoms with van der Waals surface area (Å²) in [5, 5.41) is 13.9. The Bertz CT molecular complexity index is 793. The van der Waals surface area contributed by atoms with Crippen LogP contribution in [0.25, 0.3) is 0 Å². The highest BCUT2D eigenvalue weighted by molar-refractivity contribution is 5.66. The van der Waals surface area contributed by atoms with E-state index >= 15 is 0 Å². The number of nitrogen functional groups attached to an aromatic ring is 1. The van der Waals surface area contributed by atoms with Gasteiger partial charge in [-0.05, 0) is 23.1 Å². The molecule has 1 unspecified atom stereocenters. The molecule has 25 heavy (non-hydrogen) atoms. The average Bonchev–Trinajstić information content (AvgIpc) is 2.84. The Kier molecular flexibility index (Phi) is 4.18. The van der Waals surface area contributed by atoms with E-state index in [4.69, 9.17) is 5.73 Å². The fourth-order valence-corrected chi connectivity index (χ4v) is 3.38. The minimum Gasteiger partial charge on any atom is -0.465 e. The molecule has 6 nitrogen and oxygen atoms in total. The van der Waals surface area contributed by atoms with Gasteiger partial charge in [-0.2, -0.15) is 5.10 Å². The fourth-order valence-electron chi connectivity index (χ4n) is 3.38. The second-order valence-electron chi connectivity index (χ2n) is 7.61. The SMILES string of the molecule is CC(C)(C)C1CN(C(=O)O)Cc2c1c(N)nn2Cc1ccc(F)cc1. The zero-order valence-electron chi connectivity index (χ0n) is 14.7. The van der Waals surface area contributed by atoms with E-state index in [2.05, 4.69) is 25.9 Å². The van der Waals surface area contributed by atoms with E-state index in [1.165, 1.54) is 17.0 Å². The van der Waals surface area contributed by atoms with E-state index in [0.717, 1.165) is 16.8 Å². The lowest BCUT2D eigenvalue weighted by Crippen LogP contribution is -2.42. The van der Waals surface area contributed by atoms with Crippen molar-refractivity contribution in [3.63, 3.8) is 0 Å². The van der Waals surface area contributed by atoms with Crippen molar-refractivity contribution in [2.75, 3.05) is 12.3 Å². The summed E-state index contributed by atoms with van der Waals surface area (Å²) >= 11 is 0. The van der Waals surface area contributed by atoms with E-state index in [1.54, 1.807) is 16.8 Å². The van der Waals surface area contributed by atoms with Gasteiger partial charge in [-0.25, -0.2) is 9.18 Å². The summed E-state index contributed by atoms with van der Waals surface area (Å²) < 4.78 is 14.9. The van der Waals surface area contributed by atoms with Crippen molar-refractivity contribution < 1.29 is 14.3 Å². The second-order valence-corrected chi connectivity index (χ2v) is 7.61. The van der Waals surface area contributed by atoms with Gasteiger partial charge in [0, 0.05) is 18.0 Å². The number of aromatic nitrogens is 2. The largest absolute Gasteiger partial charge is 0.465 e. The Labute approximate surface area is 146 Å². The summed E-state index contributed by atoms with van der Waals surface area (Å²) in [6.45, 7) is 7.29. The van der Waals surface area contributed by atoms with E-state index in [0.29, 0.717) is 18.9 Å². The maximum atomic E-state index is 13.1. The van der Waals surface area contributed by atoms with Gasteiger partial charge >= 0.3 is 6.09 Å². The molecule has 0 radical (unpaired) electrons. The minimum atomic E-state index is -0.951. The maximum Gasteiger partial charge on any atom is 0.407 e. The zero-order chi connectivity index (χ0) is 18.4. The molecule has 0 fully saturated rings. The van der Waals surface area contributed by atoms with Crippen LogP contribution in [-0.2, 0) is 13.1 Å². The van der Waals surface area contributed by atoms with E-state index in [1.807, 2.05) is 0 Å². The Morgan fingerprint density at radius 1 is 1.36 bits per heavy atom. The maximum absolute atomic E-state index is 13.1. The molecule has 2 heterocycles. The van der Waals surface area contributed by atoms with Gasteiger partial charge in [0.1, 0.15) is 11.6 Å². The molecule has 1 aliphatic rings. The van der Waals surface area contributed by atoms with Crippen LogP contribution in [0.1, 0.15) is 43.5 Å². The van der Waals surface area contributed by atoms with Crippen molar-refractivity contribution >= 4 is 11.9 Å². The Morgan fingerprint density at radius 3 is 2.56 bits per heavy atom. The number of carboxylic acid groups (broad SMARTS) is 1. The molecule has 3 N–H and O–H groups in total. The Hall–Kier alpha value is -2.57. The molecule has 0 bridgehead atoms. The number of anilines is 1. The van der Waals surface area contributed by atoms with E-state index < -0.39 is 6.09 Å². The lowest BCUT2D eigenvalue weighted by molar-refractivity contribution is 0.119. The number of benzene rings is 1. The normalized spacial score (nSPS) is 17.4. The fraction of sp³-hybridized carbons (Fsp3) is 0.444. The molecule has 3 rings (SSSR count). The summed E-state index contributed by atoms with van der Waals surface area (Å²) in [7, 11) is 0. The highest BCUT2D eigenvalue weighted by Crippen LogP contribution is 2.43. The summed E-state index contributed by atoms with van der Waals surface area (Å²) in [6, 6.07) is 6.18. The minimum absolute atomic E-state index is 0.0330.